The number of hydrogen-bond acceptors (Lipinski definition) is 3. The number of rotatable bonds is 5. The van der Waals surface area contributed by atoms with Crippen LogP contribution < -0.4 is 0 Å². The standard InChI is InChI=1S/C8H19O3P/c1-6-8(4)11-12(5,9)10-7(2)3/h7-8H,6H2,1-5H3. The third-order valence-electron chi connectivity index (χ3n) is 1.35. The minimum atomic E-state index is -2.82. The summed E-state index contributed by atoms with van der Waals surface area (Å²) in [6.45, 7) is 9.07. The largest absolute Gasteiger partial charge is 0.328 e. The molecule has 0 N–H and O–H groups in total. The molecule has 0 rings (SSSR count). The van der Waals surface area contributed by atoms with Gasteiger partial charge in [-0.2, -0.15) is 0 Å². The fourth-order valence-corrected chi connectivity index (χ4v) is 2.43. The lowest BCUT2D eigenvalue weighted by Crippen LogP contribution is -2.08. The Hall–Kier alpha value is 0.150. The van der Waals surface area contributed by atoms with Crippen molar-refractivity contribution in [3.05, 3.63) is 0 Å². The minimum absolute atomic E-state index is 0.000386. The Morgan fingerprint density at radius 3 is 2.08 bits per heavy atom. The van der Waals surface area contributed by atoms with Crippen LogP contribution in [-0.4, -0.2) is 18.9 Å². The molecule has 0 fully saturated rings. The fourth-order valence-electron chi connectivity index (χ4n) is 0.809. The summed E-state index contributed by atoms with van der Waals surface area (Å²) in [7, 11) is -2.82. The van der Waals surface area contributed by atoms with Gasteiger partial charge < -0.3 is 9.05 Å². The van der Waals surface area contributed by atoms with Crippen molar-refractivity contribution in [3.8, 4) is 0 Å². The van der Waals surface area contributed by atoms with Gasteiger partial charge in [0.25, 0.3) is 0 Å². The van der Waals surface area contributed by atoms with Crippen LogP contribution in [0, 0.1) is 0 Å². The quantitative estimate of drug-likeness (QED) is 0.631. The van der Waals surface area contributed by atoms with Crippen molar-refractivity contribution >= 4 is 7.60 Å². The lowest BCUT2D eigenvalue weighted by atomic mass is 10.3. The molecule has 2 unspecified atom stereocenters. The molecule has 0 bridgehead atoms. The van der Waals surface area contributed by atoms with Crippen molar-refractivity contribution in [2.24, 2.45) is 0 Å². The molecule has 0 aromatic heterocycles. The molecule has 2 atom stereocenters. The van der Waals surface area contributed by atoms with Gasteiger partial charge in [0.05, 0.1) is 12.2 Å². The Bertz CT molecular complexity index is 168. The Morgan fingerprint density at radius 2 is 1.75 bits per heavy atom. The summed E-state index contributed by atoms with van der Waals surface area (Å²) in [5.74, 6) is 0. The van der Waals surface area contributed by atoms with Crippen LogP contribution in [0.15, 0.2) is 0 Å². The summed E-state index contributed by atoms with van der Waals surface area (Å²) in [5.41, 5.74) is 0. The molecule has 0 radical (unpaired) electrons. The van der Waals surface area contributed by atoms with Crippen molar-refractivity contribution < 1.29 is 13.6 Å². The van der Waals surface area contributed by atoms with Crippen LogP contribution in [0.4, 0.5) is 0 Å². The summed E-state index contributed by atoms with van der Waals surface area (Å²) in [6.07, 6.45) is 0.795. The second kappa shape index (κ2) is 5.00. The SMILES string of the molecule is CCC(C)OP(C)(=O)OC(C)C. The molecule has 0 aromatic carbocycles. The van der Waals surface area contributed by atoms with Crippen molar-refractivity contribution in [1.29, 1.82) is 0 Å². The van der Waals surface area contributed by atoms with Crippen LogP contribution in [0.2, 0.25) is 0 Å². The summed E-state index contributed by atoms with van der Waals surface area (Å²) < 4.78 is 21.9. The maximum atomic E-state index is 11.5. The molecule has 12 heavy (non-hydrogen) atoms. The van der Waals surface area contributed by atoms with E-state index in [4.69, 9.17) is 9.05 Å². The predicted octanol–water partition coefficient (Wildman–Crippen LogP) is 3.05. The summed E-state index contributed by atoms with van der Waals surface area (Å²) in [4.78, 5) is 0. The van der Waals surface area contributed by atoms with Gasteiger partial charge in [-0.15, -0.1) is 0 Å². The lowest BCUT2D eigenvalue weighted by molar-refractivity contribution is 0.136. The molecule has 74 valence electrons. The first-order valence-corrected chi connectivity index (χ1v) is 6.30. The zero-order valence-corrected chi connectivity index (χ0v) is 9.43. The molecular formula is C8H19O3P. The maximum absolute atomic E-state index is 11.5. The van der Waals surface area contributed by atoms with Gasteiger partial charge in [-0.1, -0.05) is 6.92 Å². The van der Waals surface area contributed by atoms with E-state index >= 15 is 0 Å². The Balaban J connectivity index is 3.95. The van der Waals surface area contributed by atoms with Gasteiger partial charge in [-0.25, -0.2) is 0 Å². The molecular weight excluding hydrogens is 175 g/mol. The smallest absolute Gasteiger partial charge is 0.306 e. The van der Waals surface area contributed by atoms with E-state index in [0.717, 1.165) is 6.42 Å². The highest BCUT2D eigenvalue weighted by molar-refractivity contribution is 7.53. The Morgan fingerprint density at radius 1 is 1.25 bits per heavy atom. The first-order valence-electron chi connectivity index (χ1n) is 4.31. The van der Waals surface area contributed by atoms with Crippen LogP contribution in [0.25, 0.3) is 0 Å². The van der Waals surface area contributed by atoms with Crippen LogP contribution in [0.3, 0.4) is 0 Å². The van der Waals surface area contributed by atoms with E-state index in [-0.39, 0.29) is 12.2 Å². The molecule has 0 aliphatic carbocycles. The molecule has 0 aliphatic heterocycles. The van der Waals surface area contributed by atoms with E-state index in [1.807, 2.05) is 27.7 Å². The highest BCUT2D eigenvalue weighted by atomic mass is 31.2. The van der Waals surface area contributed by atoms with Crippen molar-refractivity contribution in [2.75, 3.05) is 6.66 Å². The third-order valence-corrected chi connectivity index (χ3v) is 2.90. The third kappa shape index (κ3) is 5.76. The van der Waals surface area contributed by atoms with Crippen LogP contribution in [-0.2, 0) is 13.6 Å². The molecule has 0 saturated heterocycles. The van der Waals surface area contributed by atoms with E-state index < -0.39 is 7.60 Å². The lowest BCUT2D eigenvalue weighted by Gasteiger charge is -2.19. The van der Waals surface area contributed by atoms with Crippen LogP contribution >= 0.6 is 7.60 Å². The van der Waals surface area contributed by atoms with E-state index in [1.165, 1.54) is 6.66 Å². The molecule has 0 aliphatic rings. The van der Waals surface area contributed by atoms with Gasteiger partial charge in [0.2, 0.25) is 0 Å². The van der Waals surface area contributed by atoms with E-state index in [9.17, 15) is 4.57 Å². The van der Waals surface area contributed by atoms with E-state index in [0.29, 0.717) is 0 Å². The second-order valence-electron chi connectivity index (χ2n) is 3.25. The van der Waals surface area contributed by atoms with Crippen LogP contribution in [0.1, 0.15) is 34.1 Å². The Labute approximate surface area is 75.0 Å². The summed E-state index contributed by atoms with van der Waals surface area (Å²) in [6, 6.07) is 0. The first-order chi connectivity index (χ1) is 5.37. The van der Waals surface area contributed by atoms with Gasteiger partial charge in [-0.05, 0) is 27.2 Å². The van der Waals surface area contributed by atoms with Gasteiger partial charge in [0, 0.05) is 6.66 Å². The van der Waals surface area contributed by atoms with Crippen molar-refractivity contribution in [2.45, 2.75) is 46.3 Å². The molecule has 3 nitrogen and oxygen atoms in total. The average Bonchev–Trinajstić information content (AvgIpc) is 1.83. The summed E-state index contributed by atoms with van der Waals surface area (Å²) in [5, 5.41) is 0. The summed E-state index contributed by atoms with van der Waals surface area (Å²) >= 11 is 0. The van der Waals surface area contributed by atoms with Gasteiger partial charge >= 0.3 is 7.60 Å². The monoisotopic (exact) mass is 194 g/mol. The van der Waals surface area contributed by atoms with Gasteiger partial charge in [-0.3, -0.25) is 4.57 Å². The van der Waals surface area contributed by atoms with Crippen molar-refractivity contribution in [3.63, 3.8) is 0 Å². The van der Waals surface area contributed by atoms with Gasteiger partial charge in [0.1, 0.15) is 0 Å². The number of hydrogen-bond donors (Lipinski definition) is 0. The predicted molar refractivity (Wildman–Crippen MR) is 50.6 cm³/mol. The zero-order valence-electron chi connectivity index (χ0n) is 8.53. The minimum Gasteiger partial charge on any atom is -0.306 e. The van der Waals surface area contributed by atoms with Gasteiger partial charge in [0.15, 0.2) is 0 Å². The Kier molecular flexibility index (Phi) is 5.07. The fraction of sp³-hybridized carbons (Fsp3) is 1.00. The van der Waals surface area contributed by atoms with Crippen molar-refractivity contribution in [1.82, 2.24) is 0 Å². The van der Waals surface area contributed by atoms with Crippen LogP contribution in [0.5, 0.6) is 0 Å². The highest BCUT2D eigenvalue weighted by Crippen LogP contribution is 2.46. The topological polar surface area (TPSA) is 35.5 Å². The molecule has 4 heteroatoms. The molecule has 0 saturated carbocycles. The molecule has 0 heterocycles. The molecule has 0 spiro atoms. The average molecular weight is 194 g/mol. The normalized spacial score (nSPS) is 19.2. The highest BCUT2D eigenvalue weighted by Gasteiger charge is 2.21. The van der Waals surface area contributed by atoms with E-state index in [2.05, 4.69) is 0 Å². The first kappa shape index (κ1) is 12.2. The van der Waals surface area contributed by atoms with E-state index in [1.54, 1.807) is 0 Å². The molecule has 0 amide bonds. The second-order valence-corrected chi connectivity index (χ2v) is 5.21. The zero-order chi connectivity index (χ0) is 9.78. The molecule has 0 aromatic rings. The maximum Gasteiger partial charge on any atom is 0.328 e.